The van der Waals surface area contributed by atoms with Crippen molar-refractivity contribution in [3.63, 3.8) is 0 Å². The summed E-state index contributed by atoms with van der Waals surface area (Å²) >= 11 is 0. The summed E-state index contributed by atoms with van der Waals surface area (Å²) in [5.41, 5.74) is 6.72. The summed E-state index contributed by atoms with van der Waals surface area (Å²) < 4.78 is 5.23. The van der Waals surface area contributed by atoms with Gasteiger partial charge in [-0.25, -0.2) is 0 Å². The molecule has 3 heteroatoms. The van der Waals surface area contributed by atoms with Crippen molar-refractivity contribution in [1.82, 2.24) is 0 Å². The molecule has 0 aliphatic carbocycles. The first-order chi connectivity index (χ1) is 13.3. The maximum atomic E-state index is 8.70. The maximum absolute atomic E-state index is 8.70. The summed E-state index contributed by atoms with van der Waals surface area (Å²) in [6, 6.07) is 26.6. The minimum Gasteiger partial charge on any atom is -0.470 e. The molecule has 0 amide bonds. The van der Waals surface area contributed by atoms with Crippen LogP contribution in [0.15, 0.2) is 101 Å². The smallest absolute Gasteiger partial charge is 0.117 e. The van der Waals surface area contributed by atoms with E-state index in [1.54, 1.807) is 6.26 Å². The van der Waals surface area contributed by atoms with Crippen LogP contribution in [0.5, 0.6) is 0 Å². The molecule has 0 fully saturated rings. The van der Waals surface area contributed by atoms with Crippen molar-refractivity contribution in [3.05, 3.63) is 103 Å². The van der Waals surface area contributed by atoms with Crippen LogP contribution in [0.2, 0.25) is 0 Å². The zero-order valence-electron chi connectivity index (χ0n) is 14.7. The zero-order valence-corrected chi connectivity index (χ0v) is 14.7. The average Bonchev–Trinajstić information content (AvgIpc) is 3.23. The molecule has 4 rings (SSSR count). The maximum Gasteiger partial charge on any atom is 0.117 e. The van der Waals surface area contributed by atoms with Gasteiger partial charge in [0.2, 0.25) is 0 Å². The van der Waals surface area contributed by atoms with Gasteiger partial charge in [0.15, 0.2) is 0 Å². The van der Waals surface area contributed by atoms with Gasteiger partial charge in [-0.2, -0.15) is 0 Å². The average molecular weight is 350 g/mol. The van der Waals surface area contributed by atoms with Crippen molar-refractivity contribution >= 4 is 18.1 Å². The lowest BCUT2D eigenvalue weighted by atomic mass is 9.93. The number of hydrogen-bond donors (Lipinski definition) is 1. The summed E-state index contributed by atoms with van der Waals surface area (Å²) in [5, 5.41) is 8.70. The molecular weight excluding hydrogens is 332 g/mol. The van der Waals surface area contributed by atoms with E-state index in [1.165, 1.54) is 6.26 Å². The van der Waals surface area contributed by atoms with E-state index >= 15 is 0 Å². The first kappa shape index (κ1) is 16.7. The van der Waals surface area contributed by atoms with Gasteiger partial charge in [-0.3, -0.25) is 10.4 Å². The van der Waals surface area contributed by atoms with Gasteiger partial charge in [-0.15, -0.1) is 0 Å². The Labute approximate surface area is 158 Å². The van der Waals surface area contributed by atoms with E-state index in [-0.39, 0.29) is 0 Å². The Bertz CT molecular complexity index is 1040. The highest BCUT2D eigenvalue weighted by Gasteiger charge is 2.14. The first-order valence-electron chi connectivity index (χ1n) is 8.64. The predicted molar refractivity (Wildman–Crippen MR) is 111 cm³/mol. The Kier molecular flexibility index (Phi) is 4.50. The summed E-state index contributed by atoms with van der Waals surface area (Å²) in [4.78, 5) is 3.95. The minimum atomic E-state index is 0.362. The number of nitrogens with zero attached hydrogens (tertiary/aromatic N) is 1. The molecule has 0 radical (unpaired) electrons. The Balaban J connectivity index is 1.88. The van der Waals surface area contributed by atoms with Crippen LogP contribution in [0.3, 0.4) is 0 Å². The van der Waals surface area contributed by atoms with Crippen LogP contribution in [-0.2, 0) is 0 Å². The summed E-state index contributed by atoms with van der Waals surface area (Å²) in [6.07, 6.45) is 3.06. The quantitative estimate of drug-likeness (QED) is 0.418. The molecular formula is C24H18N2O. The fourth-order valence-electron chi connectivity index (χ4n) is 3.12. The standard InChI is InChI=1S/C24H18N2O/c1-26-23-16-27-15-22(23)24(25)21-13-19(17-8-4-2-5-9-17)12-20(14-21)18-10-6-3-7-11-18/h2-16,25H,1H2. The number of rotatable bonds is 5. The molecule has 0 unspecified atom stereocenters. The third kappa shape index (κ3) is 3.35. The molecule has 0 bridgehead atoms. The molecule has 0 saturated carbocycles. The molecule has 0 atom stereocenters. The fraction of sp³-hybridized carbons (Fsp3) is 0. The Morgan fingerprint density at radius 1 is 0.741 bits per heavy atom. The topological polar surface area (TPSA) is 49.4 Å². The molecule has 130 valence electrons. The van der Waals surface area contributed by atoms with Crippen LogP contribution in [-0.4, -0.2) is 12.4 Å². The molecule has 27 heavy (non-hydrogen) atoms. The van der Waals surface area contributed by atoms with E-state index in [1.807, 2.05) is 48.5 Å². The highest BCUT2D eigenvalue weighted by Crippen LogP contribution is 2.31. The van der Waals surface area contributed by atoms with Gasteiger partial charge in [0.1, 0.15) is 18.2 Å². The van der Waals surface area contributed by atoms with E-state index in [2.05, 4.69) is 42.0 Å². The van der Waals surface area contributed by atoms with E-state index in [0.717, 1.165) is 27.8 Å². The van der Waals surface area contributed by atoms with Crippen LogP contribution in [0, 0.1) is 5.41 Å². The second-order valence-electron chi connectivity index (χ2n) is 6.23. The molecule has 0 saturated heterocycles. The van der Waals surface area contributed by atoms with Crippen LogP contribution < -0.4 is 0 Å². The zero-order chi connectivity index (χ0) is 18.6. The monoisotopic (exact) mass is 350 g/mol. The van der Waals surface area contributed by atoms with E-state index in [4.69, 9.17) is 9.83 Å². The molecule has 1 N–H and O–H groups in total. The highest BCUT2D eigenvalue weighted by atomic mass is 16.3. The van der Waals surface area contributed by atoms with Gasteiger partial charge >= 0.3 is 0 Å². The number of furan rings is 1. The van der Waals surface area contributed by atoms with Crippen molar-refractivity contribution < 1.29 is 4.42 Å². The second-order valence-corrected chi connectivity index (χ2v) is 6.23. The van der Waals surface area contributed by atoms with E-state index in [0.29, 0.717) is 17.0 Å². The predicted octanol–water partition coefficient (Wildman–Crippen LogP) is 6.36. The Morgan fingerprint density at radius 2 is 1.30 bits per heavy atom. The molecule has 3 aromatic carbocycles. The molecule has 1 heterocycles. The van der Waals surface area contributed by atoms with Gasteiger partial charge in [0.05, 0.1) is 11.3 Å². The third-order valence-corrected chi connectivity index (χ3v) is 4.52. The second kappa shape index (κ2) is 7.26. The van der Waals surface area contributed by atoms with E-state index < -0.39 is 0 Å². The molecule has 4 aromatic rings. The number of benzene rings is 3. The van der Waals surface area contributed by atoms with Crippen LogP contribution in [0.1, 0.15) is 11.1 Å². The van der Waals surface area contributed by atoms with Gasteiger partial charge in [-0.1, -0.05) is 60.7 Å². The SMILES string of the molecule is C=Nc1cocc1C(=N)c1cc(-c2ccccc2)cc(-c2ccccc2)c1. The Morgan fingerprint density at radius 3 is 1.81 bits per heavy atom. The molecule has 1 aromatic heterocycles. The Hall–Kier alpha value is -3.72. The molecule has 3 nitrogen and oxygen atoms in total. The fourth-order valence-corrected chi connectivity index (χ4v) is 3.12. The summed E-state index contributed by atoms with van der Waals surface area (Å²) in [6.45, 7) is 3.56. The number of nitrogens with one attached hydrogen (secondary N) is 1. The molecule has 0 aliphatic rings. The van der Waals surface area contributed by atoms with Crippen LogP contribution in [0.25, 0.3) is 22.3 Å². The summed E-state index contributed by atoms with van der Waals surface area (Å²) in [7, 11) is 0. The van der Waals surface area contributed by atoms with E-state index in [9.17, 15) is 0 Å². The largest absolute Gasteiger partial charge is 0.470 e. The number of hydrogen-bond acceptors (Lipinski definition) is 3. The lowest BCUT2D eigenvalue weighted by Crippen LogP contribution is -2.01. The highest BCUT2D eigenvalue weighted by molar-refractivity contribution is 6.14. The molecule has 0 spiro atoms. The minimum absolute atomic E-state index is 0.362. The molecule has 0 aliphatic heterocycles. The third-order valence-electron chi connectivity index (χ3n) is 4.52. The van der Waals surface area contributed by atoms with Gasteiger partial charge in [0, 0.05) is 5.56 Å². The van der Waals surface area contributed by atoms with Crippen molar-refractivity contribution in [2.45, 2.75) is 0 Å². The van der Waals surface area contributed by atoms with Crippen molar-refractivity contribution in [1.29, 1.82) is 5.41 Å². The van der Waals surface area contributed by atoms with Crippen molar-refractivity contribution in [2.24, 2.45) is 4.99 Å². The lowest BCUT2D eigenvalue weighted by molar-refractivity contribution is 0.567. The summed E-state index contributed by atoms with van der Waals surface area (Å²) in [5.74, 6) is 0. The number of aliphatic imine (C=N–C) groups is 1. The van der Waals surface area contributed by atoms with Gasteiger partial charge in [-0.05, 0) is 47.2 Å². The normalized spacial score (nSPS) is 10.5. The van der Waals surface area contributed by atoms with Gasteiger partial charge < -0.3 is 4.42 Å². The first-order valence-corrected chi connectivity index (χ1v) is 8.64. The van der Waals surface area contributed by atoms with Gasteiger partial charge in [0.25, 0.3) is 0 Å². The lowest BCUT2D eigenvalue weighted by Gasteiger charge is -2.11. The van der Waals surface area contributed by atoms with Crippen LogP contribution >= 0.6 is 0 Å². The van der Waals surface area contributed by atoms with Crippen molar-refractivity contribution in [2.75, 3.05) is 0 Å². The van der Waals surface area contributed by atoms with Crippen molar-refractivity contribution in [3.8, 4) is 22.3 Å². The van der Waals surface area contributed by atoms with Crippen LogP contribution in [0.4, 0.5) is 5.69 Å².